The van der Waals surface area contributed by atoms with Crippen LogP contribution >= 0.6 is 0 Å². The summed E-state index contributed by atoms with van der Waals surface area (Å²) in [6.45, 7) is 4.18. The average molecular weight is 655 g/mol. The van der Waals surface area contributed by atoms with E-state index in [0.717, 1.165) is 31.2 Å². The zero-order valence-electron chi connectivity index (χ0n) is 27.8. The topological polar surface area (TPSA) is 172 Å². The molecule has 0 aliphatic carbocycles. The predicted molar refractivity (Wildman–Crippen MR) is 177 cm³/mol. The number of carbonyl (C=O) groups excluding carboxylic acids is 5. The SMILES string of the molecule is COC(=O)C(NC(=O)C(NC(=O)CCCCCCc1ccccc1)C(CO)CNC(=O)[C@H](C)NC(=O)OCc1ccccc1)C(C)C. The zero-order chi connectivity index (χ0) is 34.6. The molecule has 2 aromatic carbocycles. The van der Waals surface area contributed by atoms with E-state index < -0.39 is 60.4 Å². The Morgan fingerprint density at radius 1 is 0.745 bits per heavy atom. The molecule has 4 amide bonds. The Morgan fingerprint density at radius 3 is 1.96 bits per heavy atom. The van der Waals surface area contributed by atoms with Crippen molar-refractivity contribution in [3.63, 3.8) is 0 Å². The van der Waals surface area contributed by atoms with Gasteiger partial charge in [-0.05, 0) is 43.2 Å². The molecule has 0 saturated heterocycles. The average Bonchev–Trinajstić information content (AvgIpc) is 3.07. The second kappa shape index (κ2) is 21.4. The molecule has 0 spiro atoms. The third-order valence-electron chi connectivity index (χ3n) is 7.67. The van der Waals surface area contributed by atoms with E-state index in [-0.39, 0.29) is 25.5 Å². The Morgan fingerprint density at radius 2 is 1.36 bits per heavy atom. The monoisotopic (exact) mass is 654 g/mol. The summed E-state index contributed by atoms with van der Waals surface area (Å²) in [5.41, 5.74) is 2.05. The summed E-state index contributed by atoms with van der Waals surface area (Å²) in [6, 6.07) is 16.0. The summed E-state index contributed by atoms with van der Waals surface area (Å²) in [7, 11) is 1.21. The highest BCUT2D eigenvalue weighted by Crippen LogP contribution is 2.12. The molecule has 2 aromatic rings. The van der Waals surface area contributed by atoms with E-state index in [1.807, 2.05) is 36.4 Å². The van der Waals surface area contributed by atoms with Crippen LogP contribution in [0.3, 0.4) is 0 Å². The second-order valence-electron chi connectivity index (χ2n) is 11.8. The lowest BCUT2D eigenvalue weighted by Crippen LogP contribution is -2.58. The quantitative estimate of drug-likeness (QED) is 0.107. The number of benzene rings is 2. The fraction of sp³-hybridized carbons (Fsp3) is 0.514. The summed E-state index contributed by atoms with van der Waals surface area (Å²) in [5.74, 6) is -3.60. The number of aliphatic hydroxyl groups excluding tert-OH is 1. The number of alkyl carbamates (subject to hydrolysis) is 1. The van der Waals surface area contributed by atoms with E-state index in [9.17, 15) is 29.1 Å². The Bertz CT molecular complexity index is 1260. The lowest BCUT2D eigenvalue weighted by atomic mass is 9.97. The molecule has 258 valence electrons. The standard InChI is InChI=1S/C35H50N4O8/c1-24(2)30(34(44)46-4)39-33(43)31(38-29(41)20-14-6-5-9-15-26-16-10-7-11-17-26)28(22-40)21-36-32(42)25(3)37-35(45)47-23-27-18-12-8-13-19-27/h7-8,10-13,16-19,24-25,28,30-31,40H,5-6,9,14-15,20-23H2,1-4H3,(H,36,42)(H,37,45)(H,38,41)(H,39,43)/t25-,28?,30?,31?/m0/s1. The Hall–Kier alpha value is -4.45. The maximum absolute atomic E-state index is 13.4. The van der Waals surface area contributed by atoms with Gasteiger partial charge in [-0.15, -0.1) is 0 Å². The molecule has 0 saturated carbocycles. The van der Waals surface area contributed by atoms with Crippen molar-refractivity contribution < 1.29 is 38.6 Å². The number of amides is 4. The van der Waals surface area contributed by atoms with Gasteiger partial charge in [0.15, 0.2) is 0 Å². The Labute approximate surface area is 277 Å². The predicted octanol–water partition coefficient (Wildman–Crippen LogP) is 3.02. The van der Waals surface area contributed by atoms with Crippen LogP contribution in [0.15, 0.2) is 60.7 Å². The summed E-state index contributed by atoms with van der Waals surface area (Å²) < 4.78 is 9.98. The van der Waals surface area contributed by atoms with Gasteiger partial charge in [0.25, 0.3) is 0 Å². The van der Waals surface area contributed by atoms with Crippen LogP contribution < -0.4 is 21.3 Å². The van der Waals surface area contributed by atoms with Gasteiger partial charge in [-0.3, -0.25) is 14.4 Å². The lowest BCUT2D eigenvalue weighted by Gasteiger charge is -2.29. The highest BCUT2D eigenvalue weighted by atomic mass is 16.5. The van der Waals surface area contributed by atoms with Crippen molar-refractivity contribution >= 4 is 29.8 Å². The van der Waals surface area contributed by atoms with E-state index in [0.29, 0.717) is 6.42 Å². The first kappa shape index (κ1) is 38.7. The van der Waals surface area contributed by atoms with Gasteiger partial charge in [0.2, 0.25) is 17.7 Å². The minimum absolute atomic E-state index is 0.0285. The van der Waals surface area contributed by atoms with Gasteiger partial charge in [0.05, 0.1) is 13.7 Å². The third kappa shape index (κ3) is 14.7. The molecule has 0 heterocycles. The van der Waals surface area contributed by atoms with Gasteiger partial charge >= 0.3 is 12.1 Å². The van der Waals surface area contributed by atoms with Crippen molar-refractivity contribution in [2.75, 3.05) is 20.3 Å². The number of aliphatic hydroxyl groups is 1. The van der Waals surface area contributed by atoms with Crippen LogP contribution in [-0.4, -0.2) is 73.3 Å². The van der Waals surface area contributed by atoms with Crippen LogP contribution in [0.5, 0.6) is 0 Å². The largest absolute Gasteiger partial charge is 0.467 e. The number of unbranched alkanes of at least 4 members (excludes halogenated alkanes) is 3. The molecule has 0 bridgehead atoms. The number of ether oxygens (including phenoxy) is 2. The molecule has 0 radical (unpaired) electrons. The summed E-state index contributed by atoms with van der Waals surface area (Å²) >= 11 is 0. The molecule has 47 heavy (non-hydrogen) atoms. The number of nitrogens with one attached hydrogen (secondary N) is 4. The fourth-order valence-electron chi connectivity index (χ4n) is 4.80. The molecule has 4 atom stereocenters. The number of carbonyl (C=O) groups is 5. The fourth-order valence-corrected chi connectivity index (χ4v) is 4.80. The first-order chi connectivity index (χ1) is 22.5. The number of esters is 1. The smallest absolute Gasteiger partial charge is 0.408 e. The van der Waals surface area contributed by atoms with E-state index in [2.05, 4.69) is 33.4 Å². The van der Waals surface area contributed by atoms with Crippen molar-refractivity contribution in [1.29, 1.82) is 0 Å². The first-order valence-corrected chi connectivity index (χ1v) is 16.1. The van der Waals surface area contributed by atoms with Crippen LogP contribution in [0, 0.1) is 11.8 Å². The first-order valence-electron chi connectivity index (χ1n) is 16.1. The van der Waals surface area contributed by atoms with Crippen molar-refractivity contribution in [2.24, 2.45) is 11.8 Å². The number of hydrogen-bond acceptors (Lipinski definition) is 8. The third-order valence-corrected chi connectivity index (χ3v) is 7.67. The molecule has 3 unspecified atom stereocenters. The maximum Gasteiger partial charge on any atom is 0.408 e. The Kier molecular flexibility index (Phi) is 17.6. The van der Waals surface area contributed by atoms with Crippen LogP contribution in [0.25, 0.3) is 0 Å². The molecule has 0 aliphatic rings. The van der Waals surface area contributed by atoms with Crippen LogP contribution in [-0.2, 0) is 41.7 Å². The molecule has 12 heteroatoms. The maximum atomic E-state index is 13.4. The molecule has 0 aromatic heterocycles. The molecular weight excluding hydrogens is 604 g/mol. The van der Waals surface area contributed by atoms with Crippen LogP contribution in [0.2, 0.25) is 0 Å². The van der Waals surface area contributed by atoms with Crippen molar-refractivity contribution in [3.05, 3.63) is 71.8 Å². The summed E-state index contributed by atoms with van der Waals surface area (Å²) in [6.07, 6.45) is 3.70. The van der Waals surface area contributed by atoms with Gasteiger partial charge in [-0.25, -0.2) is 9.59 Å². The number of rotatable bonds is 20. The van der Waals surface area contributed by atoms with Gasteiger partial charge in [0, 0.05) is 18.9 Å². The van der Waals surface area contributed by atoms with E-state index in [1.54, 1.807) is 26.0 Å². The number of methoxy groups -OCH3 is 1. The van der Waals surface area contributed by atoms with Crippen molar-refractivity contribution in [3.8, 4) is 0 Å². The minimum atomic E-state index is -1.27. The second-order valence-corrected chi connectivity index (χ2v) is 11.8. The van der Waals surface area contributed by atoms with E-state index in [4.69, 9.17) is 9.47 Å². The minimum Gasteiger partial charge on any atom is -0.467 e. The molecule has 2 rings (SSSR count). The molecular formula is C35H50N4O8. The lowest BCUT2D eigenvalue weighted by molar-refractivity contribution is -0.147. The summed E-state index contributed by atoms with van der Waals surface area (Å²) in [4.78, 5) is 63.7. The molecule has 0 fully saturated rings. The molecule has 12 nitrogen and oxygen atoms in total. The van der Waals surface area contributed by atoms with Crippen LogP contribution in [0.1, 0.15) is 64.0 Å². The zero-order valence-corrected chi connectivity index (χ0v) is 27.8. The van der Waals surface area contributed by atoms with Gasteiger partial charge in [-0.1, -0.05) is 87.4 Å². The van der Waals surface area contributed by atoms with Crippen LogP contribution in [0.4, 0.5) is 4.79 Å². The highest BCUT2D eigenvalue weighted by molar-refractivity contribution is 5.91. The highest BCUT2D eigenvalue weighted by Gasteiger charge is 2.34. The molecule has 0 aliphatic heterocycles. The van der Waals surface area contributed by atoms with Gasteiger partial charge in [0.1, 0.15) is 24.7 Å². The number of aryl methyl sites for hydroxylation is 1. The Balaban J connectivity index is 1.96. The van der Waals surface area contributed by atoms with Crippen molar-refractivity contribution in [1.82, 2.24) is 21.3 Å². The molecule has 5 N–H and O–H groups in total. The number of hydrogen-bond donors (Lipinski definition) is 5. The van der Waals surface area contributed by atoms with E-state index >= 15 is 0 Å². The normalized spacial score (nSPS) is 13.4. The van der Waals surface area contributed by atoms with Gasteiger partial charge in [-0.2, -0.15) is 0 Å². The van der Waals surface area contributed by atoms with E-state index in [1.165, 1.54) is 19.6 Å². The summed E-state index contributed by atoms with van der Waals surface area (Å²) in [5, 5.41) is 20.6. The van der Waals surface area contributed by atoms with Crippen molar-refractivity contribution in [2.45, 2.75) is 84.0 Å². The van der Waals surface area contributed by atoms with Gasteiger partial charge < -0.3 is 35.8 Å².